The summed E-state index contributed by atoms with van der Waals surface area (Å²) >= 11 is 0. The summed E-state index contributed by atoms with van der Waals surface area (Å²) in [4.78, 5) is 9.01. The van der Waals surface area contributed by atoms with E-state index in [0.29, 0.717) is 11.6 Å². The molecule has 0 bridgehead atoms. The molecule has 2 aromatic carbocycles. The fraction of sp³-hybridized carbons (Fsp3) is 0.238. The molecule has 0 spiro atoms. The third-order valence-corrected chi connectivity index (χ3v) is 4.11. The second-order valence-corrected chi connectivity index (χ2v) is 6.46. The SMILES string of the molecule is COc1ccc(C)cc1Nc1cc(Nc2cc(C)ccc2C)nc(C)n1. The molecular weight excluding hydrogens is 324 g/mol. The van der Waals surface area contributed by atoms with Crippen molar-refractivity contribution in [1.29, 1.82) is 0 Å². The van der Waals surface area contributed by atoms with E-state index in [0.717, 1.165) is 28.5 Å². The van der Waals surface area contributed by atoms with Crippen molar-refractivity contribution in [2.24, 2.45) is 0 Å². The Morgan fingerprint density at radius 1 is 0.731 bits per heavy atom. The maximum atomic E-state index is 5.44. The van der Waals surface area contributed by atoms with E-state index in [2.05, 4.69) is 52.6 Å². The molecule has 26 heavy (non-hydrogen) atoms. The van der Waals surface area contributed by atoms with Crippen LogP contribution in [0.25, 0.3) is 0 Å². The van der Waals surface area contributed by atoms with Gasteiger partial charge in [-0.25, -0.2) is 9.97 Å². The molecule has 0 saturated heterocycles. The summed E-state index contributed by atoms with van der Waals surface area (Å²) in [5.41, 5.74) is 5.44. The van der Waals surface area contributed by atoms with Crippen LogP contribution >= 0.6 is 0 Å². The van der Waals surface area contributed by atoms with Crippen molar-refractivity contribution in [3.63, 3.8) is 0 Å². The van der Waals surface area contributed by atoms with E-state index in [1.165, 1.54) is 11.1 Å². The highest BCUT2D eigenvalue weighted by atomic mass is 16.5. The van der Waals surface area contributed by atoms with Crippen molar-refractivity contribution >= 4 is 23.0 Å². The number of rotatable bonds is 5. The first kappa shape index (κ1) is 17.7. The molecule has 0 aliphatic heterocycles. The topological polar surface area (TPSA) is 59.1 Å². The first-order valence-electron chi connectivity index (χ1n) is 8.56. The van der Waals surface area contributed by atoms with E-state index < -0.39 is 0 Å². The summed E-state index contributed by atoms with van der Waals surface area (Å²) in [5.74, 6) is 2.93. The van der Waals surface area contributed by atoms with Crippen LogP contribution in [-0.4, -0.2) is 17.1 Å². The van der Waals surface area contributed by atoms with Crippen molar-refractivity contribution in [3.05, 3.63) is 65.0 Å². The minimum absolute atomic E-state index is 0.689. The van der Waals surface area contributed by atoms with E-state index in [9.17, 15) is 0 Å². The van der Waals surface area contributed by atoms with Crippen LogP contribution in [0.3, 0.4) is 0 Å². The van der Waals surface area contributed by atoms with E-state index >= 15 is 0 Å². The summed E-state index contributed by atoms with van der Waals surface area (Å²) in [6.07, 6.45) is 0. The quantitative estimate of drug-likeness (QED) is 0.663. The van der Waals surface area contributed by atoms with Gasteiger partial charge in [-0.1, -0.05) is 18.2 Å². The third kappa shape index (κ3) is 4.11. The molecular formula is C21H24N4O. The van der Waals surface area contributed by atoms with Gasteiger partial charge in [0.15, 0.2) is 0 Å². The van der Waals surface area contributed by atoms with E-state index in [-0.39, 0.29) is 0 Å². The number of methoxy groups -OCH3 is 1. The largest absolute Gasteiger partial charge is 0.495 e. The van der Waals surface area contributed by atoms with Crippen molar-refractivity contribution in [2.75, 3.05) is 17.7 Å². The molecule has 2 N–H and O–H groups in total. The number of anilines is 4. The molecule has 5 nitrogen and oxygen atoms in total. The molecule has 3 rings (SSSR count). The van der Waals surface area contributed by atoms with E-state index in [1.54, 1.807) is 7.11 Å². The Balaban J connectivity index is 1.91. The van der Waals surface area contributed by atoms with Crippen LogP contribution in [-0.2, 0) is 0 Å². The van der Waals surface area contributed by atoms with Crippen LogP contribution < -0.4 is 15.4 Å². The van der Waals surface area contributed by atoms with Gasteiger partial charge in [0.1, 0.15) is 23.2 Å². The van der Waals surface area contributed by atoms with Gasteiger partial charge in [0, 0.05) is 11.8 Å². The zero-order valence-corrected chi connectivity index (χ0v) is 15.8. The normalized spacial score (nSPS) is 10.5. The second-order valence-electron chi connectivity index (χ2n) is 6.46. The van der Waals surface area contributed by atoms with E-state index in [1.807, 2.05) is 38.1 Å². The zero-order valence-electron chi connectivity index (χ0n) is 15.8. The van der Waals surface area contributed by atoms with Gasteiger partial charge in [0.2, 0.25) is 0 Å². The molecule has 0 radical (unpaired) electrons. The van der Waals surface area contributed by atoms with Crippen LogP contribution in [0.2, 0.25) is 0 Å². The van der Waals surface area contributed by atoms with Gasteiger partial charge in [-0.05, 0) is 62.6 Å². The monoisotopic (exact) mass is 348 g/mol. The lowest BCUT2D eigenvalue weighted by molar-refractivity contribution is 0.416. The number of hydrogen-bond acceptors (Lipinski definition) is 5. The lowest BCUT2D eigenvalue weighted by Gasteiger charge is -2.14. The summed E-state index contributed by atoms with van der Waals surface area (Å²) in [6.45, 7) is 8.08. The molecule has 0 aliphatic carbocycles. The van der Waals surface area contributed by atoms with Crippen molar-refractivity contribution in [2.45, 2.75) is 27.7 Å². The molecule has 3 aromatic rings. The molecule has 0 atom stereocenters. The molecule has 0 fully saturated rings. The third-order valence-electron chi connectivity index (χ3n) is 4.11. The molecule has 1 aromatic heterocycles. The van der Waals surface area contributed by atoms with Crippen molar-refractivity contribution in [1.82, 2.24) is 9.97 Å². The van der Waals surface area contributed by atoms with Crippen LogP contribution in [0.4, 0.5) is 23.0 Å². The van der Waals surface area contributed by atoms with Gasteiger partial charge in [0.25, 0.3) is 0 Å². The lowest BCUT2D eigenvalue weighted by Crippen LogP contribution is -2.03. The molecule has 0 saturated carbocycles. The van der Waals surface area contributed by atoms with Gasteiger partial charge in [0.05, 0.1) is 12.8 Å². The van der Waals surface area contributed by atoms with Gasteiger partial charge in [-0.15, -0.1) is 0 Å². The second kappa shape index (κ2) is 7.44. The van der Waals surface area contributed by atoms with Gasteiger partial charge in [-0.3, -0.25) is 0 Å². The minimum atomic E-state index is 0.689. The van der Waals surface area contributed by atoms with Gasteiger partial charge < -0.3 is 15.4 Å². The Kier molecular flexibility index (Phi) is 5.07. The summed E-state index contributed by atoms with van der Waals surface area (Å²) in [6, 6.07) is 14.2. The minimum Gasteiger partial charge on any atom is -0.495 e. The average molecular weight is 348 g/mol. The Hall–Kier alpha value is -3.08. The maximum Gasteiger partial charge on any atom is 0.142 e. The average Bonchev–Trinajstić information content (AvgIpc) is 2.58. The van der Waals surface area contributed by atoms with E-state index in [4.69, 9.17) is 4.74 Å². The Labute approximate surface area is 154 Å². The summed E-state index contributed by atoms with van der Waals surface area (Å²) < 4.78 is 5.44. The number of aromatic nitrogens is 2. The van der Waals surface area contributed by atoms with Crippen LogP contribution in [0.15, 0.2) is 42.5 Å². The number of nitrogens with one attached hydrogen (secondary N) is 2. The summed E-state index contributed by atoms with van der Waals surface area (Å²) in [5, 5.41) is 6.74. The van der Waals surface area contributed by atoms with Crippen molar-refractivity contribution in [3.8, 4) is 5.75 Å². The highest BCUT2D eigenvalue weighted by molar-refractivity contribution is 5.68. The Morgan fingerprint density at radius 2 is 1.31 bits per heavy atom. The smallest absolute Gasteiger partial charge is 0.142 e. The predicted molar refractivity (Wildman–Crippen MR) is 107 cm³/mol. The fourth-order valence-corrected chi connectivity index (χ4v) is 2.76. The number of nitrogens with zero attached hydrogens (tertiary/aromatic N) is 2. The predicted octanol–water partition coefficient (Wildman–Crippen LogP) is 5.21. The van der Waals surface area contributed by atoms with Gasteiger partial charge in [-0.2, -0.15) is 0 Å². The molecule has 1 heterocycles. The Morgan fingerprint density at radius 3 is 1.96 bits per heavy atom. The summed E-state index contributed by atoms with van der Waals surface area (Å²) in [7, 11) is 1.66. The van der Waals surface area contributed by atoms with Gasteiger partial charge >= 0.3 is 0 Å². The first-order chi connectivity index (χ1) is 12.4. The number of aryl methyl sites for hydroxylation is 4. The van der Waals surface area contributed by atoms with Crippen LogP contribution in [0, 0.1) is 27.7 Å². The number of benzene rings is 2. The molecule has 0 unspecified atom stereocenters. The lowest BCUT2D eigenvalue weighted by atomic mass is 10.1. The van der Waals surface area contributed by atoms with Crippen molar-refractivity contribution < 1.29 is 4.74 Å². The fourth-order valence-electron chi connectivity index (χ4n) is 2.76. The highest BCUT2D eigenvalue weighted by Gasteiger charge is 2.08. The molecule has 0 amide bonds. The molecule has 5 heteroatoms. The standard InChI is InChI=1S/C21H24N4O/c1-13-6-8-15(3)17(10-13)24-20-12-21(23-16(4)22-20)25-18-11-14(2)7-9-19(18)26-5/h6-12H,1-5H3,(H2,22,23,24,25). The zero-order chi connectivity index (χ0) is 18.7. The maximum absolute atomic E-state index is 5.44. The Bertz CT molecular complexity index is 937. The molecule has 134 valence electrons. The molecule has 0 aliphatic rings. The number of hydrogen-bond donors (Lipinski definition) is 2. The van der Waals surface area contributed by atoms with Crippen LogP contribution in [0.1, 0.15) is 22.5 Å². The first-order valence-corrected chi connectivity index (χ1v) is 8.56. The number of ether oxygens (including phenoxy) is 1. The highest BCUT2D eigenvalue weighted by Crippen LogP contribution is 2.29. The van der Waals surface area contributed by atoms with Crippen LogP contribution in [0.5, 0.6) is 5.75 Å².